The topological polar surface area (TPSA) is 46.9 Å². The molecule has 1 aromatic carbocycles. The van der Waals surface area contributed by atoms with Crippen LogP contribution in [0.5, 0.6) is 0 Å². The van der Waals surface area contributed by atoms with E-state index in [4.69, 9.17) is 0 Å². The molecular weight excluding hydrogens is 262 g/mol. The van der Waals surface area contributed by atoms with Gasteiger partial charge in [0.25, 0.3) is 0 Å². The van der Waals surface area contributed by atoms with Crippen LogP contribution in [0, 0.1) is 5.92 Å². The summed E-state index contributed by atoms with van der Waals surface area (Å²) < 4.78 is 1.96. The lowest BCUT2D eigenvalue weighted by Gasteiger charge is -2.21. The van der Waals surface area contributed by atoms with Crippen molar-refractivity contribution in [1.82, 2.24) is 14.9 Å². The molecule has 0 bridgehead atoms. The van der Waals surface area contributed by atoms with Crippen molar-refractivity contribution in [2.24, 2.45) is 13.0 Å². The van der Waals surface area contributed by atoms with Crippen LogP contribution in [0.1, 0.15) is 43.1 Å². The smallest absolute Gasteiger partial charge is 0.223 e. The fraction of sp³-hybridized carbons (Fsp3) is 0.412. The largest absolute Gasteiger partial charge is 0.342 e. The van der Waals surface area contributed by atoms with Crippen molar-refractivity contribution in [3.8, 4) is 0 Å². The molecule has 1 aromatic heterocycles. The van der Waals surface area contributed by atoms with Crippen molar-refractivity contribution in [3.05, 3.63) is 54.1 Å². The van der Waals surface area contributed by atoms with E-state index in [9.17, 15) is 4.79 Å². The first-order chi connectivity index (χ1) is 10.3. The third-order valence-corrected chi connectivity index (χ3v) is 4.26. The van der Waals surface area contributed by atoms with Gasteiger partial charge in [0.2, 0.25) is 5.91 Å². The van der Waals surface area contributed by atoms with Gasteiger partial charge in [-0.25, -0.2) is 4.98 Å². The lowest BCUT2D eigenvalue weighted by atomic mass is 10.0. The molecule has 0 spiro atoms. The second kappa shape index (κ2) is 6.12. The number of hydrogen-bond acceptors (Lipinski definition) is 2. The van der Waals surface area contributed by atoms with E-state index < -0.39 is 0 Å². The van der Waals surface area contributed by atoms with Crippen LogP contribution in [-0.4, -0.2) is 15.5 Å². The van der Waals surface area contributed by atoms with Crippen LogP contribution < -0.4 is 5.32 Å². The quantitative estimate of drug-likeness (QED) is 0.938. The van der Waals surface area contributed by atoms with Gasteiger partial charge in [0.15, 0.2) is 0 Å². The maximum absolute atomic E-state index is 12.5. The van der Waals surface area contributed by atoms with Gasteiger partial charge in [-0.3, -0.25) is 4.79 Å². The second-order valence-electron chi connectivity index (χ2n) is 5.73. The van der Waals surface area contributed by atoms with Crippen molar-refractivity contribution in [3.63, 3.8) is 0 Å². The molecule has 1 atom stereocenters. The van der Waals surface area contributed by atoms with Gasteiger partial charge in [0, 0.05) is 25.4 Å². The number of rotatable bonds is 4. The van der Waals surface area contributed by atoms with Gasteiger partial charge in [-0.05, 0) is 18.4 Å². The lowest BCUT2D eigenvalue weighted by Crippen LogP contribution is -2.34. The highest BCUT2D eigenvalue weighted by molar-refractivity contribution is 5.79. The molecule has 0 saturated heterocycles. The Balaban J connectivity index is 1.86. The molecule has 0 unspecified atom stereocenters. The summed E-state index contributed by atoms with van der Waals surface area (Å²) in [4.78, 5) is 16.9. The average molecular weight is 283 g/mol. The van der Waals surface area contributed by atoms with Crippen LogP contribution in [0.25, 0.3) is 0 Å². The third kappa shape index (κ3) is 2.99. The van der Waals surface area contributed by atoms with Gasteiger partial charge in [-0.2, -0.15) is 0 Å². The standard InChI is InChI=1S/C17H21N3O/c1-20-12-11-18-16(20)15(13-7-3-2-4-8-13)19-17(21)14-9-5-6-10-14/h2-4,7-8,11-12,14-15H,5-6,9-10H2,1H3,(H,19,21)/t15-/m0/s1. The predicted molar refractivity (Wildman–Crippen MR) is 81.6 cm³/mol. The number of benzene rings is 1. The average Bonchev–Trinajstić information content (AvgIpc) is 3.17. The molecule has 0 radical (unpaired) electrons. The Morgan fingerprint density at radius 3 is 2.62 bits per heavy atom. The molecule has 4 nitrogen and oxygen atoms in total. The summed E-state index contributed by atoms with van der Waals surface area (Å²) in [5.74, 6) is 1.19. The SMILES string of the molecule is Cn1ccnc1[C@@H](NC(=O)C1CCCC1)c1ccccc1. The molecular formula is C17H21N3O. The van der Waals surface area contributed by atoms with E-state index >= 15 is 0 Å². The minimum absolute atomic E-state index is 0.157. The Morgan fingerprint density at radius 1 is 1.29 bits per heavy atom. The maximum Gasteiger partial charge on any atom is 0.223 e. The minimum atomic E-state index is -0.181. The van der Waals surface area contributed by atoms with Crippen molar-refractivity contribution < 1.29 is 4.79 Å². The van der Waals surface area contributed by atoms with Gasteiger partial charge in [-0.15, -0.1) is 0 Å². The molecule has 21 heavy (non-hydrogen) atoms. The number of carbonyl (C=O) groups excluding carboxylic acids is 1. The number of hydrogen-bond donors (Lipinski definition) is 1. The molecule has 1 saturated carbocycles. The number of amides is 1. The number of carbonyl (C=O) groups is 1. The summed E-state index contributed by atoms with van der Waals surface area (Å²) in [7, 11) is 1.96. The zero-order valence-electron chi connectivity index (χ0n) is 12.3. The van der Waals surface area contributed by atoms with Crippen LogP contribution in [-0.2, 0) is 11.8 Å². The molecule has 4 heteroatoms. The van der Waals surface area contributed by atoms with E-state index in [2.05, 4.69) is 10.3 Å². The van der Waals surface area contributed by atoms with Crippen molar-refractivity contribution in [2.45, 2.75) is 31.7 Å². The molecule has 1 aliphatic rings. The minimum Gasteiger partial charge on any atom is -0.342 e. The first kappa shape index (κ1) is 13.9. The molecule has 1 N–H and O–H groups in total. The zero-order chi connectivity index (χ0) is 14.7. The van der Waals surface area contributed by atoms with Crippen molar-refractivity contribution in [1.29, 1.82) is 0 Å². The van der Waals surface area contributed by atoms with Crippen LogP contribution in [0.3, 0.4) is 0 Å². The summed E-state index contributed by atoms with van der Waals surface area (Å²) in [5.41, 5.74) is 1.07. The van der Waals surface area contributed by atoms with E-state index in [-0.39, 0.29) is 17.9 Å². The van der Waals surface area contributed by atoms with Gasteiger partial charge < -0.3 is 9.88 Å². The summed E-state index contributed by atoms with van der Waals surface area (Å²) in [6.45, 7) is 0. The number of aryl methyl sites for hydroxylation is 1. The second-order valence-corrected chi connectivity index (χ2v) is 5.73. The molecule has 1 fully saturated rings. The van der Waals surface area contributed by atoms with Crippen LogP contribution in [0.2, 0.25) is 0 Å². The monoisotopic (exact) mass is 283 g/mol. The highest BCUT2D eigenvalue weighted by atomic mass is 16.2. The summed E-state index contributed by atoms with van der Waals surface area (Å²) in [5, 5.41) is 3.20. The molecule has 110 valence electrons. The lowest BCUT2D eigenvalue weighted by molar-refractivity contribution is -0.125. The number of nitrogens with zero attached hydrogens (tertiary/aromatic N) is 2. The summed E-state index contributed by atoms with van der Waals surface area (Å²) in [6.07, 6.45) is 8.02. The summed E-state index contributed by atoms with van der Waals surface area (Å²) in [6, 6.07) is 9.86. The molecule has 1 amide bonds. The fourth-order valence-corrected chi connectivity index (χ4v) is 3.05. The van der Waals surface area contributed by atoms with Crippen LogP contribution >= 0.6 is 0 Å². The first-order valence-electron chi connectivity index (χ1n) is 7.58. The number of nitrogens with one attached hydrogen (secondary N) is 1. The molecule has 1 heterocycles. The van der Waals surface area contributed by atoms with Gasteiger partial charge in [0.1, 0.15) is 11.9 Å². The van der Waals surface area contributed by atoms with Crippen molar-refractivity contribution >= 4 is 5.91 Å². The van der Waals surface area contributed by atoms with Gasteiger partial charge in [-0.1, -0.05) is 43.2 Å². The molecule has 0 aliphatic heterocycles. The van der Waals surface area contributed by atoms with E-state index in [1.165, 1.54) is 0 Å². The summed E-state index contributed by atoms with van der Waals surface area (Å²) >= 11 is 0. The number of imidazole rings is 1. The van der Waals surface area contributed by atoms with E-state index in [0.717, 1.165) is 37.1 Å². The normalized spacial score (nSPS) is 16.8. The first-order valence-corrected chi connectivity index (χ1v) is 7.58. The Hall–Kier alpha value is -2.10. The predicted octanol–water partition coefficient (Wildman–Crippen LogP) is 2.82. The van der Waals surface area contributed by atoms with Gasteiger partial charge >= 0.3 is 0 Å². The molecule has 2 aromatic rings. The molecule has 3 rings (SSSR count). The maximum atomic E-state index is 12.5. The fourth-order valence-electron chi connectivity index (χ4n) is 3.05. The highest BCUT2D eigenvalue weighted by Gasteiger charge is 2.27. The Kier molecular flexibility index (Phi) is 4.04. The van der Waals surface area contributed by atoms with Crippen LogP contribution in [0.4, 0.5) is 0 Å². The van der Waals surface area contributed by atoms with Gasteiger partial charge in [0.05, 0.1) is 0 Å². The van der Waals surface area contributed by atoms with E-state index in [0.29, 0.717) is 0 Å². The van der Waals surface area contributed by atoms with E-state index in [1.54, 1.807) is 6.20 Å². The highest BCUT2D eigenvalue weighted by Crippen LogP contribution is 2.27. The molecule has 1 aliphatic carbocycles. The third-order valence-electron chi connectivity index (χ3n) is 4.26. The van der Waals surface area contributed by atoms with Crippen molar-refractivity contribution in [2.75, 3.05) is 0 Å². The zero-order valence-corrected chi connectivity index (χ0v) is 12.3. The Bertz CT molecular complexity index is 600. The number of aromatic nitrogens is 2. The van der Waals surface area contributed by atoms with Crippen LogP contribution in [0.15, 0.2) is 42.7 Å². The Morgan fingerprint density at radius 2 is 2.00 bits per heavy atom. The van der Waals surface area contributed by atoms with E-state index in [1.807, 2.05) is 48.1 Å². The Labute approximate surface area is 125 Å².